The monoisotopic (exact) mass is 381 g/mol. The lowest BCUT2D eigenvalue weighted by atomic mass is 9.95. The van der Waals surface area contributed by atoms with E-state index in [0.717, 1.165) is 16.7 Å². The molecule has 1 heterocycles. The van der Waals surface area contributed by atoms with E-state index >= 15 is 0 Å². The minimum absolute atomic E-state index is 0.0352. The number of ether oxygens (including phenoxy) is 3. The second-order valence-electron chi connectivity index (χ2n) is 6.62. The Bertz CT molecular complexity index is 962. The van der Waals surface area contributed by atoms with Crippen LogP contribution in [-0.2, 0) is 4.79 Å². The minimum atomic E-state index is -0.234. The van der Waals surface area contributed by atoms with E-state index in [-0.39, 0.29) is 24.9 Å². The van der Waals surface area contributed by atoms with E-state index in [9.17, 15) is 9.59 Å². The molecule has 0 saturated heterocycles. The molecule has 0 radical (unpaired) electrons. The smallest absolute Gasteiger partial charge is 0.257 e. The van der Waals surface area contributed by atoms with Crippen LogP contribution < -0.4 is 19.5 Å². The van der Waals surface area contributed by atoms with Crippen molar-refractivity contribution in [1.82, 2.24) is 5.32 Å². The summed E-state index contributed by atoms with van der Waals surface area (Å²) in [7, 11) is 3.07. The van der Waals surface area contributed by atoms with Gasteiger partial charge in [0.05, 0.1) is 12.7 Å². The lowest BCUT2D eigenvalue weighted by Crippen LogP contribution is -2.24. The molecule has 0 aromatic heterocycles. The summed E-state index contributed by atoms with van der Waals surface area (Å²) in [5, 5.41) is 2.49. The van der Waals surface area contributed by atoms with Crippen LogP contribution in [0.15, 0.2) is 35.9 Å². The van der Waals surface area contributed by atoms with Gasteiger partial charge >= 0.3 is 0 Å². The maximum absolute atomic E-state index is 12.9. The predicted octanol–water partition coefficient (Wildman–Crippen LogP) is 3.10. The fraction of sp³-hybridized carbons (Fsp3) is 0.273. The van der Waals surface area contributed by atoms with E-state index in [4.69, 9.17) is 14.2 Å². The third-order valence-corrected chi connectivity index (χ3v) is 4.49. The molecule has 6 heteroatoms. The number of benzene rings is 2. The second-order valence-corrected chi connectivity index (χ2v) is 6.62. The topological polar surface area (TPSA) is 73.9 Å². The largest absolute Gasteiger partial charge is 0.493 e. The van der Waals surface area contributed by atoms with Crippen LogP contribution in [0.5, 0.6) is 17.2 Å². The number of nitrogens with one attached hydrogen (secondary N) is 1. The number of hydrogen-bond donors (Lipinski definition) is 1. The molecule has 1 amide bonds. The number of Topliss-reactive ketones (excluding diaryl/α,β-unsaturated/α-hetero) is 1. The first kappa shape index (κ1) is 19.5. The standard InChI is InChI=1S/C22H23NO5/c1-13-7-14(2)22-17(8-13)21(25)16(11-28-22)9-15-5-6-18(19(10-15)26-4)27-12-20(24)23-3/h5-10H,11-12H2,1-4H3,(H,23,24)/b16-9+. The number of ketones is 1. The van der Waals surface area contributed by atoms with Crippen LogP contribution in [0.3, 0.4) is 0 Å². The number of hydrogen-bond acceptors (Lipinski definition) is 5. The van der Waals surface area contributed by atoms with Crippen molar-refractivity contribution in [2.75, 3.05) is 27.4 Å². The predicted molar refractivity (Wildman–Crippen MR) is 106 cm³/mol. The average Bonchev–Trinajstić information content (AvgIpc) is 2.68. The molecule has 0 bridgehead atoms. The Hall–Kier alpha value is -3.28. The van der Waals surface area contributed by atoms with Crippen LogP contribution in [0.2, 0.25) is 0 Å². The first-order valence-electron chi connectivity index (χ1n) is 8.93. The van der Waals surface area contributed by atoms with Gasteiger partial charge in [-0.3, -0.25) is 9.59 Å². The third kappa shape index (κ3) is 4.01. The normalized spacial score (nSPS) is 14.3. The molecule has 28 heavy (non-hydrogen) atoms. The highest BCUT2D eigenvalue weighted by molar-refractivity contribution is 6.14. The van der Waals surface area contributed by atoms with Crippen LogP contribution in [0.4, 0.5) is 0 Å². The lowest BCUT2D eigenvalue weighted by molar-refractivity contribution is -0.122. The van der Waals surface area contributed by atoms with E-state index < -0.39 is 0 Å². The van der Waals surface area contributed by atoms with Crippen molar-refractivity contribution in [3.05, 3.63) is 58.2 Å². The van der Waals surface area contributed by atoms with E-state index in [0.29, 0.717) is 28.4 Å². The molecule has 2 aromatic rings. The number of likely N-dealkylation sites (N-methyl/N-ethyl adjacent to an activating group) is 1. The Balaban J connectivity index is 1.87. The summed E-state index contributed by atoms with van der Waals surface area (Å²) in [6.07, 6.45) is 1.79. The molecule has 3 rings (SSSR count). The van der Waals surface area contributed by atoms with Crippen LogP contribution in [-0.4, -0.2) is 39.1 Å². The Kier molecular flexibility index (Phi) is 5.68. The summed E-state index contributed by atoms with van der Waals surface area (Å²) in [6, 6.07) is 9.14. The summed E-state index contributed by atoms with van der Waals surface area (Å²) in [5.74, 6) is 1.32. The van der Waals surface area contributed by atoms with E-state index in [2.05, 4.69) is 5.32 Å². The number of methoxy groups -OCH3 is 1. The number of rotatable bonds is 5. The zero-order valence-corrected chi connectivity index (χ0v) is 16.4. The van der Waals surface area contributed by atoms with Gasteiger partial charge in [-0.05, 0) is 54.8 Å². The van der Waals surface area contributed by atoms with Gasteiger partial charge in [-0.15, -0.1) is 0 Å². The van der Waals surface area contributed by atoms with Gasteiger partial charge in [-0.25, -0.2) is 0 Å². The highest BCUT2D eigenvalue weighted by atomic mass is 16.5. The Labute approximate surface area is 164 Å². The van der Waals surface area contributed by atoms with Crippen LogP contribution in [0.1, 0.15) is 27.0 Å². The first-order chi connectivity index (χ1) is 13.4. The zero-order chi connectivity index (χ0) is 20.3. The molecule has 0 atom stereocenters. The van der Waals surface area contributed by atoms with Crippen molar-refractivity contribution >= 4 is 17.8 Å². The second kappa shape index (κ2) is 8.17. The summed E-state index contributed by atoms with van der Waals surface area (Å²) >= 11 is 0. The first-order valence-corrected chi connectivity index (χ1v) is 8.93. The lowest BCUT2D eigenvalue weighted by Gasteiger charge is -2.21. The maximum Gasteiger partial charge on any atom is 0.257 e. The quantitative estimate of drug-likeness (QED) is 0.806. The van der Waals surface area contributed by atoms with Crippen molar-refractivity contribution in [1.29, 1.82) is 0 Å². The van der Waals surface area contributed by atoms with Gasteiger partial charge in [-0.1, -0.05) is 12.1 Å². The van der Waals surface area contributed by atoms with Crippen LogP contribution in [0, 0.1) is 13.8 Å². The third-order valence-electron chi connectivity index (χ3n) is 4.49. The van der Waals surface area contributed by atoms with E-state index in [1.54, 1.807) is 31.3 Å². The molecule has 1 N–H and O–H groups in total. The fourth-order valence-electron chi connectivity index (χ4n) is 3.12. The summed E-state index contributed by atoms with van der Waals surface area (Å²) in [5.41, 5.74) is 3.92. The molecule has 2 aromatic carbocycles. The number of fused-ring (bicyclic) bond motifs is 1. The van der Waals surface area contributed by atoms with Gasteiger partial charge < -0.3 is 19.5 Å². The molecular formula is C22H23NO5. The average molecular weight is 381 g/mol. The van der Waals surface area contributed by atoms with Crippen molar-refractivity contribution in [3.63, 3.8) is 0 Å². The van der Waals surface area contributed by atoms with Gasteiger partial charge in [0.15, 0.2) is 23.9 Å². The summed E-state index contributed by atoms with van der Waals surface area (Å²) in [6.45, 7) is 4.01. The minimum Gasteiger partial charge on any atom is -0.493 e. The molecule has 0 spiro atoms. The molecule has 0 saturated carbocycles. The molecule has 0 aliphatic carbocycles. The van der Waals surface area contributed by atoms with E-state index in [1.165, 1.54) is 7.11 Å². The molecule has 0 fully saturated rings. The van der Waals surface area contributed by atoms with Gasteiger partial charge in [-0.2, -0.15) is 0 Å². The zero-order valence-electron chi connectivity index (χ0n) is 16.4. The Morgan fingerprint density at radius 3 is 2.71 bits per heavy atom. The van der Waals surface area contributed by atoms with Crippen molar-refractivity contribution in [2.45, 2.75) is 13.8 Å². The van der Waals surface area contributed by atoms with Crippen molar-refractivity contribution < 1.29 is 23.8 Å². The van der Waals surface area contributed by atoms with Crippen molar-refractivity contribution in [2.24, 2.45) is 0 Å². The number of carbonyl (C=O) groups excluding carboxylic acids is 2. The molecule has 6 nitrogen and oxygen atoms in total. The van der Waals surface area contributed by atoms with Gasteiger partial charge in [0.2, 0.25) is 0 Å². The Morgan fingerprint density at radius 1 is 1.21 bits per heavy atom. The van der Waals surface area contributed by atoms with Crippen LogP contribution >= 0.6 is 0 Å². The molecule has 0 unspecified atom stereocenters. The summed E-state index contributed by atoms with van der Waals surface area (Å²) in [4.78, 5) is 24.3. The van der Waals surface area contributed by atoms with E-state index in [1.807, 2.05) is 26.0 Å². The summed E-state index contributed by atoms with van der Waals surface area (Å²) < 4.78 is 16.7. The SMILES string of the molecule is CNC(=O)COc1ccc(/C=C2\COc3c(C)cc(C)cc3C2=O)cc1OC. The number of aryl methyl sites for hydroxylation is 2. The van der Waals surface area contributed by atoms with Crippen LogP contribution in [0.25, 0.3) is 6.08 Å². The highest BCUT2D eigenvalue weighted by Gasteiger charge is 2.25. The molecule has 146 valence electrons. The fourth-order valence-corrected chi connectivity index (χ4v) is 3.12. The molecule has 1 aliphatic heterocycles. The number of amides is 1. The van der Waals surface area contributed by atoms with Crippen molar-refractivity contribution in [3.8, 4) is 17.2 Å². The molecular weight excluding hydrogens is 358 g/mol. The maximum atomic E-state index is 12.9. The van der Waals surface area contributed by atoms with Gasteiger partial charge in [0, 0.05) is 12.6 Å². The highest BCUT2D eigenvalue weighted by Crippen LogP contribution is 2.33. The Morgan fingerprint density at radius 2 is 2.00 bits per heavy atom. The van der Waals surface area contributed by atoms with Gasteiger partial charge in [0.1, 0.15) is 12.4 Å². The molecule has 1 aliphatic rings. The van der Waals surface area contributed by atoms with Gasteiger partial charge in [0.25, 0.3) is 5.91 Å². The number of carbonyl (C=O) groups is 2.